The van der Waals surface area contributed by atoms with Gasteiger partial charge in [-0.1, -0.05) is 115 Å². The zero-order valence-corrected chi connectivity index (χ0v) is 26.5. The van der Waals surface area contributed by atoms with Gasteiger partial charge in [0.05, 0.1) is 15.7 Å². The van der Waals surface area contributed by atoms with E-state index in [1.165, 1.54) is 68.8 Å². The van der Waals surface area contributed by atoms with Crippen LogP contribution in [0.2, 0.25) is 0 Å². The normalized spacial score (nSPS) is 12.2. The first kappa shape index (κ1) is 26.0. The fraction of sp³-hybridized carbons (Fsp3) is 0. The van der Waals surface area contributed by atoms with Gasteiger partial charge in [-0.05, 0) is 63.0 Å². The predicted molar refractivity (Wildman–Crippen MR) is 205 cm³/mol. The maximum atomic E-state index is 5.31. The molecule has 11 rings (SSSR count). The highest BCUT2D eigenvalue weighted by Crippen LogP contribution is 2.51. The molecule has 0 saturated carbocycles. The van der Waals surface area contributed by atoms with Gasteiger partial charge >= 0.3 is 0 Å². The molecule has 4 heteroatoms. The van der Waals surface area contributed by atoms with Crippen molar-refractivity contribution in [1.82, 2.24) is 14.5 Å². The van der Waals surface area contributed by atoms with E-state index in [0.29, 0.717) is 0 Å². The zero-order chi connectivity index (χ0) is 31.3. The maximum Gasteiger partial charge on any atom is 0.162 e. The lowest BCUT2D eigenvalue weighted by atomic mass is 9.89. The Hall–Kier alpha value is -6.10. The van der Waals surface area contributed by atoms with Crippen LogP contribution in [-0.4, -0.2) is 14.5 Å². The SMILES string of the molecule is c1ccc(-c2cc(-n3c4ccccc4c4c5c6ccccc6c6ccccc6c5c5c6ccccc6sc5c43)nc3ncccc23)cc1. The largest absolute Gasteiger partial charge is 0.292 e. The van der Waals surface area contributed by atoms with Crippen molar-refractivity contribution < 1.29 is 0 Å². The lowest BCUT2D eigenvalue weighted by Crippen LogP contribution is -2.00. The van der Waals surface area contributed by atoms with Crippen molar-refractivity contribution in [3.63, 3.8) is 0 Å². The van der Waals surface area contributed by atoms with E-state index in [1.54, 1.807) is 0 Å². The minimum atomic E-state index is 0.740. The number of benzene rings is 7. The van der Waals surface area contributed by atoms with Gasteiger partial charge in [0.25, 0.3) is 0 Å². The number of aromatic nitrogens is 3. The standard InChI is InChI=1S/C44H25N3S/c1-2-13-26(14-3-1)34-25-37(46-44-31(34)21-12-24-45-44)47-35-22-10-8-19-32(35)40-38-29-17-6-4-15-27(29)28-16-5-7-18-30(28)39(38)41-33-20-9-11-23-36(33)48-43(41)42(40)47/h1-25H. The molecule has 4 heterocycles. The van der Waals surface area contributed by atoms with E-state index in [4.69, 9.17) is 9.97 Å². The Balaban J connectivity index is 1.45. The summed E-state index contributed by atoms with van der Waals surface area (Å²) in [5.74, 6) is 0.870. The molecule has 0 aliphatic rings. The second-order valence-electron chi connectivity index (χ2n) is 12.5. The summed E-state index contributed by atoms with van der Waals surface area (Å²) in [6.07, 6.45) is 1.84. The summed E-state index contributed by atoms with van der Waals surface area (Å²) >= 11 is 1.88. The summed E-state index contributed by atoms with van der Waals surface area (Å²) in [7, 11) is 0. The molecule has 0 aliphatic carbocycles. The first-order chi connectivity index (χ1) is 23.8. The molecule has 0 saturated heterocycles. The van der Waals surface area contributed by atoms with Gasteiger partial charge in [-0.15, -0.1) is 11.3 Å². The number of hydrogen-bond donors (Lipinski definition) is 0. The van der Waals surface area contributed by atoms with Gasteiger partial charge in [0.2, 0.25) is 0 Å². The fourth-order valence-electron chi connectivity index (χ4n) is 8.08. The van der Waals surface area contributed by atoms with E-state index >= 15 is 0 Å². The molecule has 0 amide bonds. The maximum absolute atomic E-state index is 5.31. The Morgan fingerprint density at radius 2 is 1.08 bits per heavy atom. The van der Waals surface area contributed by atoms with E-state index in [2.05, 4.69) is 144 Å². The van der Waals surface area contributed by atoms with Crippen molar-refractivity contribution in [3.8, 4) is 16.9 Å². The van der Waals surface area contributed by atoms with Crippen molar-refractivity contribution >= 4 is 96.7 Å². The third-order valence-corrected chi connectivity index (χ3v) is 11.2. The third-order valence-electron chi connectivity index (χ3n) is 10.0. The van der Waals surface area contributed by atoms with Crippen LogP contribution in [0, 0.1) is 0 Å². The third kappa shape index (κ3) is 3.42. The first-order valence-electron chi connectivity index (χ1n) is 16.3. The fourth-order valence-corrected chi connectivity index (χ4v) is 9.33. The lowest BCUT2D eigenvalue weighted by molar-refractivity contribution is 1.09. The van der Waals surface area contributed by atoms with Gasteiger partial charge in [-0.2, -0.15) is 0 Å². The van der Waals surface area contributed by atoms with Crippen molar-refractivity contribution in [2.24, 2.45) is 0 Å². The number of nitrogens with zero attached hydrogens (tertiary/aromatic N) is 3. The monoisotopic (exact) mass is 627 g/mol. The Labute approximate surface area is 278 Å². The van der Waals surface area contributed by atoms with Gasteiger partial charge in [-0.3, -0.25) is 4.57 Å². The number of rotatable bonds is 2. The molecule has 11 aromatic rings. The molecule has 0 unspecified atom stereocenters. The van der Waals surface area contributed by atoms with Crippen LogP contribution < -0.4 is 0 Å². The summed E-state index contributed by atoms with van der Waals surface area (Å²) in [5.41, 5.74) is 5.35. The predicted octanol–water partition coefficient (Wildman–Crippen LogP) is 12.2. The summed E-state index contributed by atoms with van der Waals surface area (Å²) < 4.78 is 4.97. The van der Waals surface area contributed by atoms with Gasteiger partial charge < -0.3 is 0 Å². The number of hydrogen-bond acceptors (Lipinski definition) is 3. The topological polar surface area (TPSA) is 30.7 Å². The zero-order valence-electron chi connectivity index (χ0n) is 25.7. The average Bonchev–Trinajstić information content (AvgIpc) is 3.71. The summed E-state index contributed by atoms with van der Waals surface area (Å²) in [4.78, 5) is 10.1. The number of fused-ring (bicyclic) bond motifs is 16. The van der Waals surface area contributed by atoms with Crippen LogP contribution in [0.15, 0.2) is 152 Å². The highest BCUT2D eigenvalue weighted by molar-refractivity contribution is 7.27. The minimum Gasteiger partial charge on any atom is -0.292 e. The summed E-state index contributed by atoms with van der Waals surface area (Å²) in [6, 6.07) is 52.6. The van der Waals surface area contributed by atoms with E-state index in [0.717, 1.165) is 33.5 Å². The van der Waals surface area contributed by atoms with Crippen molar-refractivity contribution in [2.45, 2.75) is 0 Å². The Kier molecular flexibility index (Phi) is 5.26. The molecular weight excluding hydrogens is 603 g/mol. The van der Waals surface area contributed by atoms with Crippen molar-refractivity contribution in [2.75, 3.05) is 0 Å². The van der Waals surface area contributed by atoms with Gasteiger partial charge in [0.1, 0.15) is 5.82 Å². The van der Waals surface area contributed by atoms with Gasteiger partial charge in [-0.25, -0.2) is 9.97 Å². The average molecular weight is 628 g/mol. The molecule has 4 aromatic heterocycles. The molecular formula is C44H25N3S. The van der Waals surface area contributed by atoms with Crippen LogP contribution in [0.25, 0.3) is 102 Å². The molecule has 7 aromatic carbocycles. The van der Waals surface area contributed by atoms with Crippen molar-refractivity contribution in [3.05, 3.63) is 152 Å². The summed E-state index contributed by atoms with van der Waals surface area (Å²) in [6.45, 7) is 0. The molecule has 0 bridgehead atoms. The van der Waals surface area contributed by atoms with E-state index < -0.39 is 0 Å². The number of para-hydroxylation sites is 1. The highest BCUT2D eigenvalue weighted by Gasteiger charge is 2.25. The second kappa shape index (κ2) is 9.71. The summed E-state index contributed by atoms with van der Waals surface area (Å²) in [5, 5.41) is 13.9. The Morgan fingerprint density at radius 3 is 1.85 bits per heavy atom. The molecule has 0 N–H and O–H groups in total. The van der Waals surface area contributed by atoms with Crippen molar-refractivity contribution in [1.29, 1.82) is 0 Å². The van der Waals surface area contributed by atoms with E-state index in [1.807, 2.05) is 23.6 Å². The van der Waals surface area contributed by atoms with Crippen LogP contribution in [-0.2, 0) is 0 Å². The Bertz CT molecular complexity index is 3120. The van der Waals surface area contributed by atoms with E-state index in [-0.39, 0.29) is 0 Å². The lowest BCUT2D eigenvalue weighted by Gasteiger charge is -2.15. The van der Waals surface area contributed by atoms with Gasteiger partial charge in [0, 0.05) is 48.6 Å². The second-order valence-corrected chi connectivity index (χ2v) is 13.5. The first-order valence-corrected chi connectivity index (χ1v) is 17.1. The number of pyridine rings is 2. The molecule has 0 atom stereocenters. The van der Waals surface area contributed by atoms with Crippen LogP contribution in [0.5, 0.6) is 0 Å². The molecule has 3 nitrogen and oxygen atoms in total. The molecule has 48 heavy (non-hydrogen) atoms. The highest BCUT2D eigenvalue weighted by atomic mass is 32.1. The molecule has 222 valence electrons. The Morgan fingerprint density at radius 1 is 0.479 bits per heavy atom. The molecule has 0 aliphatic heterocycles. The molecule has 0 spiro atoms. The minimum absolute atomic E-state index is 0.740. The van der Waals surface area contributed by atoms with Gasteiger partial charge in [0.15, 0.2) is 5.65 Å². The quantitative estimate of drug-likeness (QED) is 0.179. The molecule has 0 radical (unpaired) electrons. The molecule has 0 fully saturated rings. The van der Waals surface area contributed by atoms with Crippen LogP contribution in [0.1, 0.15) is 0 Å². The van der Waals surface area contributed by atoms with E-state index in [9.17, 15) is 0 Å². The van der Waals surface area contributed by atoms with Crippen LogP contribution in [0.4, 0.5) is 0 Å². The van der Waals surface area contributed by atoms with Crippen LogP contribution in [0.3, 0.4) is 0 Å². The number of thiophene rings is 1. The van der Waals surface area contributed by atoms with Crippen LogP contribution >= 0.6 is 11.3 Å². The smallest absolute Gasteiger partial charge is 0.162 e.